The smallest absolute Gasteiger partial charge is 0.342 e. The summed E-state index contributed by atoms with van der Waals surface area (Å²) in [7, 11) is 1.44. The number of phenols is 1. The fourth-order valence-corrected chi connectivity index (χ4v) is 3.32. The largest absolute Gasteiger partial charge is 0.507 e. The maximum absolute atomic E-state index is 12.6. The summed E-state index contributed by atoms with van der Waals surface area (Å²) in [5.74, 6) is -0.891. The first-order valence-corrected chi connectivity index (χ1v) is 9.00. The third kappa shape index (κ3) is 4.18. The summed E-state index contributed by atoms with van der Waals surface area (Å²) in [6, 6.07) is 2.86. The van der Waals surface area contributed by atoms with Gasteiger partial charge in [-0.15, -0.1) is 0 Å². The molecule has 29 heavy (non-hydrogen) atoms. The van der Waals surface area contributed by atoms with E-state index >= 15 is 0 Å². The van der Waals surface area contributed by atoms with Crippen molar-refractivity contribution in [3.8, 4) is 11.5 Å². The predicted molar refractivity (Wildman–Crippen MR) is 102 cm³/mol. The van der Waals surface area contributed by atoms with Crippen LogP contribution in [0.3, 0.4) is 0 Å². The highest BCUT2D eigenvalue weighted by molar-refractivity contribution is 6.02. The van der Waals surface area contributed by atoms with E-state index in [0.29, 0.717) is 28.2 Å². The molecule has 1 aliphatic carbocycles. The average molecular weight is 402 g/mol. The highest BCUT2D eigenvalue weighted by atomic mass is 16.6. The van der Waals surface area contributed by atoms with Gasteiger partial charge in [0.15, 0.2) is 11.9 Å². The minimum atomic E-state index is -1.52. The fourth-order valence-electron chi connectivity index (χ4n) is 3.32. The Bertz CT molecular complexity index is 902. The number of hydrogen-bond acceptors (Lipinski definition) is 8. The van der Waals surface area contributed by atoms with Crippen molar-refractivity contribution in [3.63, 3.8) is 0 Å². The van der Waals surface area contributed by atoms with Crippen molar-refractivity contribution in [2.75, 3.05) is 20.3 Å². The highest BCUT2D eigenvalue weighted by Crippen LogP contribution is 2.33. The fraction of sp³-hybridized carbons (Fsp3) is 0.333. The average Bonchev–Trinajstić information content (AvgIpc) is 2.69. The normalized spacial score (nSPS) is 21.5. The summed E-state index contributed by atoms with van der Waals surface area (Å²) in [5.41, 5.74) is 1.30. The molecular weight excluding hydrogens is 380 g/mol. The number of aromatic hydroxyl groups is 1. The molecular formula is C21H22O8. The van der Waals surface area contributed by atoms with Crippen LogP contribution in [-0.4, -0.2) is 59.6 Å². The van der Waals surface area contributed by atoms with Crippen molar-refractivity contribution in [1.82, 2.24) is 0 Å². The van der Waals surface area contributed by atoms with Crippen LogP contribution in [0.15, 0.2) is 47.3 Å². The van der Waals surface area contributed by atoms with Crippen molar-refractivity contribution < 1.29 is 39.1 Å². The molecule has 8 heteroatoms. The Morgan fingerprint density at radius 1 is 1.38 bits per heavy atom. The van der Waals surface area contributed by atoms with E-state index in [-0.39, 0.29) is 30.9 Å². The number of benzene rings is 1. The predicted octanol–water partition coefficient (Wildman–Crippen LogP) is 1.33. The van der Waals surface area contributed by atoms with E-state index in [0.717, 1.165) is 0 Å². The molecule has 0 fully saturated rings. The van der Waals surface area contributed by atoms with Crippen LogP contribution in [0.25, 0.3) is 0 Å². The van der Waals surface area contributed by atoms with Crippen molar-refractivity contribution in [2.45, 2.75) is 25.6 Å². The van der Waals surface area contributed by atoms with E-state index in [2.05, 4.69) is 0 Å². The number of phenolic OH excluding ortho intramolecular Hbond substituents is 1. The number of aryl methyl sites for hydroxylation is 1. The Morgan fingerprint density at radius 3 is 2.79 bits per heavy atom. The lowest BCUT2D eigenvalue weighted by Gasteiger charge is -2.31. The number of ether oxygens (including phenoxy) is 3. The van der Waals surface area contributed by atoms with Crippen LogP contribution in [0, 0.1) is 6.92 Å². The molecule has 3 N–H and O–H groups in total. The molecule has 154 valence electrons. The Labute approximate surface area is 167 Å². The van der Waals surface area contributed by atoms with E-state index in [1.807, 2.05) is 0 Å². The number of esters is 1. The summed E-state index contributed by atoms with van der Waals surface area (Å²) in [6.07, 6.45) is 2.16. The molecule has 0 unspecified atom stereocenters. The molecule has 1 heterocycles. The molecule has 1 aliphatic heterocycles. The zero-order chi connectivity index (χ0) is 21.1. The molecule has 0 saturated carbocycles. The number of methoxy groups -OCH3 is 1. The van der Waals surface area contributed by atoms with Gasteiger partial charge in [-0.3, -0.25) is 4.79 Å². The second kappa shape index (κ2) is 8.50. The van der Waals surface area contributed by atoms with Crippen LogP contribution in [0.2, 0.25) is 0 Å². The third-order valence-electron chi connectivity index (χ3n) is 4.80. The molecule has 1 aromatic carbocycles. The van der Waals surface area contributed by atoms with Gasteiger partial charge in [0.05, 0.1) is 13.7 Å². The maximum Gasteiger partial charge on any atom is 0.342 e. The van der Waals surface area contributed by atoms with E-state index < -0.39 is 24.0 Å². The zero-order valence-electron chi connectivity index (χ0n) is 16.0. The molecule has 0 bridgehead atoms. The second-order valence-corrected chi connectivity index (χ2v) is 6.72. The Morgan fingerprint density at radius 2 is 2.14 bits per heavy atom. The van der Waals surface area contributed by atoms with Crippen LogP contribution in [-0.2, 0) is 14.3 Å². The molecule has 0 radical (unpaired) electrons. The van der Waals surface area contributed by atoms with Gasteiger partial charge in [0, 0.05) is 18.1 Å². The molecule has 0 spiro atoms. The number of carbonyl (C=O) groups is 2. The van der Waals surface area contributed by atoms with E-state index in [1.165, 1.54) is 19.3 Å². The minimum Gasteiger partial charge on any atom is -0.507 e. The lowest BCUT2D eigenvalue weighted by atomic mass is 9.85. The molecule has 0 amide bonds. The van der Waals surface area contributed by atoms with Crippen molar-refractivity contribution in [3.05, 3.63) is 58.4 Å². The van der Waals surface area contributed by atoms with Gasteiger partial charge < -0.3 is 29.5 Å². The van der Waals surface area contributed by atoms with E-state index in [1.54, 1.807) is 25.1 Å². The number of hydrogen-bond donors (Lipinski definition) is 3. The number of aliphatic hydroxyl groups excluding tert-OH is 2. The van der Waals surface area contributed by atoms with Crippen LogP contribution >= 0.6 is 0 Å². The van der Waals surface area contributed by atoms with Gasteiger partial charge in [0.25, 0.3) is 0 Å². The van der Waals surface area contributed by atoms with Crippen molar-refractivity contribution in [1.29, 1.82) is 0 Å². The summed E-state index contributed by atoms with van der Waals surface area (Å²) in [5, 5.41) is 29.4. The molecule has 0 saturated heterocycles. The first-order valence-electron chi connectivity index (χ1n) is 9.00. The number of ketones is 1. The SMILES string of the molecule is COc1cc(C)c(C(=O)O[C@H]2CC3=C(COC(/C=C/CO)=C3)C(=O)[C@H]2O)c(O)c1. The maximum atomic E-state index is 12.6. The first-order chi connectivity index (χ1) is 13.8. The van der Waals surface area contributed by atoms with Crippen LogP contribution in [0.1, 0.15) is 22.3 Å². The van der Waals surface area contributed by atoms with Gasteiger partial charge in [-0.2, -0.15) is 0 Å². The van der Waals surface area contributed by atoms with Gasteiger partial charge in [0.2, 0.25) is 0 Å². The standard InChI is InChI=1S/C21H22O8/c1-11-6-14(27-2)9-16(23)18(11)21(26)29-17-8-12-7-13(4-3-5-22)28-10-15(12)19(24)20(17)25/h3-4,6-7,9,17,20,22-23,25H,5,8,10H2,1-2H3/b4-3+/t17-,20-/m0/s1. The number of rotatable bonds is 5. The molecule has 0 aromatic heterocycles. The Hall–Kier alpha value is -3.10. The first kappa shape index (κ1) is 20.6. The van der Waals surface area contributed by atoms with Gasteiger partial charge in [-0.25, -0.2) is 4.79 Å². The number of Topliss-reactive ketones (excluding diaryl/α,β-unsaturated/α-hetero) is 1. The van der Waals surface area contributed by atoms with Gasteiger partial charge in [-0.1, -0.05) is 6.08 Å². The summed E-state index contributed by atoms with van der Waals surface area (Å²) in [6.45, 7) is 1.45. The monoisotopic (exact) mass is 402 g/mol. The molecule has 1 aromatic rings. The molecule has 3 rings (SSSR count). The number of allylic oxidation sites excluding steroid dienone is 2. The number of aliphatic hydroxyl groups is 2. The lowest BCUT2D eigenvalue weighted by Crippen LogP contribution is -2.43. The second-order valence-electron chi connectivity index (χ2n) is 6.72. The van der Waals surface area contributed by atoms with Crippen molar-refractivity contribution in [2.24, 2.45) is 0 Å². The van der Waals surface area contributed by atoms with Crippen molar-refractivity contribution >= 4 is 11.8 Å². The van der Waals surface area contributed by atoms with Gasteiger partial charge >= 0.3 is 5.97 Å². The lowest BCUT2D eigenvalue weighted by molar-refractivity contribution is -0.131. The van der Waals surface area contributed by atoms with E-state index in [4.69, 9.17) is 19.3 Å². The molecule has 2 atom stereocenters. The molecule has 2 aliphatic rings. The highest BCUT2D eigenvalue weighted by Gasteiger charge is 2.39. The van der Waals surface area contributed by atoms with Gasteiger partial charge in [0.1, 0.15) is 35.5 Å². The van der Waals surface area contributed by atoms with Gasteiger partial charge in [-0.05, 0) is 36.3 Å². The quantitative estimate of drug-likeness (QED) is 0.631. The van der Waals surface area contributed by atoms with E-state index in [9.17, 15) is 19.8 Å². The topological polar surface area (TPSA) is 123 Å². The van der Waals surface area contributed by atoms with Crippen LogP contribution in [0.4, 0.5) is 0 Å². The summed E-state index contributed by atoms with van der Waals surface area (Å²) >= 11 is 0. The minimum absolute atomic E-state index is 0.00806. The summed E-state index contributed by atoms with van der Waals surface area (Å²) < 4.78 is 15.9. The van der Waals surface area contributed by atoms with Crippen LogP contribution < -0.4 is 4.74 Å². The Balaban J connectivity index is 1.83. The Kier molecular flexibility index (Phi) is 6.05. The summed E-state index contributed by atoms with van der Waals surface area (Å²) in [4.78, 5) is 25.1. The number of carbonyl (C=O) groups excluding carboxylic acids is 2. The van der Waals surface area contributed by atoms with Crippen LogP contribution in [0.5, 0.6) is 11.5 Å². The molecule has 8 nitrogen and oxygen atoms in total. The zero-order valence-corrected chi connectivity index (χ0v) is 16.0. The third-order valence-corrected chi connectivity index (χ3v) is 4.80.